The summed E-state index contributed by atoms with van der Waals surface area (Å²) in [5, 5.41) is 0. The summed E-state index contributed by atoms with van der Waals surface area (Å²) in [5.74, 6) is 0.775. The molecule has 1 aromatic rings. The van der Waals surface area contributed by atoms with Crippen molar-refractivity contribution >= 4 is 21.5 Å². The summed E-state index contributed by atoms with van der Waals surface area (Å²) in [6, 6.07) is 7.93. The maximum absolute atomic E-state index is 11.8. The molecular formula is C13H17N3O2S. The summed E-state index contributed by atoms with van der Waals surface area (Å²) in [6.45, 7) is 2.48. The fourth-order valence-corrected chi connectivity index (χ4v) is 4.93. The van der Waals surface area contributed by atoms with Gasteiger partial charge in [0.05, 0.1) is 23.6 Å². The Morgan fingerprint density at radius 2 is 2.00 bits per heavy atom. The first-order valence-electron chi connectivity index (χ1n) is 6.29. The Labute approximate surface area is 113 Å². The van der Waals surface area contributed by atoms with E-state index in [2.05, 4.69) is 4.99 Å². The van der Waals surface area contributed by atoms with Gasteiger partial charge in [-0.3, -0.25) is 4.99 Å². The number of rotatable bonds is 1. The summed E-state index contributed by atoms with van der Waals surface area (Å²) in [4.78, 5) is 6.17. The van der Waals surface area contributed by atoms with Crippen molar-refractivity contribution in [3.63, 3.8) is 0 Å². The lowest BCUT2D eigenvalue weighted by molar-refractivity contribution is 0.513. The Balaban J connectivity index is 2.02. The third kappa shape index (κ3) is 2.00. The Hall–Kier alpha value is -1.56. The average molecular weight is 279 g/mol. The van der Waals surface area contributed by atoms with Gasteiger partial charge in [0.2, 0.25) is 0 Å². The van der Waals surface area contributed by atoms with Crippen LogP contribution in [-0.2, 0) is 9.84 Å². The van der Waals surface area contributed by atoms with E-state index in [1.165, 1.54) is 0 Å². The first kappa shape index (κ1) is 12.5. The molecular weight excluding hydrogens is 262 g/mol. The molecule has 19 heavy (non-hydrogen) atoms. The standard InChI is InChI=1S/C13H17N3O2S/c1-10-2-4-11(5-3-10)16-12(14)15-8-13(16)6-7-19(17,18)9-13/h2-5H,6-9H2,1H3,(H2,14,15). The molecule has 0 amide bonds. The highest BCUT2D eigenvalue weighted by Gasteiger charge is 2.50. The van der Waals surface area contributed by atoms with E-state index in [4.69, 9.17) is 5.73 Å². The van der Waals surface area contributed by atoms with E-state index in [1.807, 2.05) is 36.1 Å². The second-order valence-corrected chi connectivity index (χ2v) is 7.60. The van der Waals surface area contributed by atoms with Crippen molar-refractivity contribution in [2.75, 3.05) is 23.0 Å². The van der Waals surface area contributed by atoms with Crippen LogP contribution in [0.15, 0.2) is 29.3 Å². The highest BCUT2D eigenvalue weighted by molar-refractivity contribution is 7.91. The molecule has 0 saturated carbocycles. The fraction of sp³-hybridized carbons (Fsp3) is 0.462. The minimum Gasteiger partial charge on any atom is -0.369 e. The molecule has 102 valence electrons. The average Bonchev–Trinajstić information content (AvgIpc) is 2.82. The lowest BCUT2D eigenvalue weighted by atomic mass is 9.97. The van der Waals surface area contributed by atoms with Gasteiger partial charge in [0.1, 0.15) is 0 Å². The summed E-state index contributed by atoms with van der Waals surface area (Å²) < 4.78 is 23.6. The molecule has 5 nitrogen and oxygen atoms in total. The van der Waals surface area contributed by atoms with Gasteiger partial charge in [-0.2, -0.15) is 0 Å². The quantitative estimate of drug-likeness (QED) is 0.820. The van der Waals surface area contributed by atoms with Crippen molar-refractivity contribution in [3.05, 3.63) is 29.8 Å². The lowest BCUT2D eigenvalue weighted by Crippen LogP contribution is -2.53. The van der Waals surface area contributed by atoms with Crippen LogP contribution < -0.4 is 10.6 Å². The van der Waals surface area contributed by atoms with Gasteiger partial charge in [-0.05, 0) is 25.5 Å². The van der Waals surface area contributed by atoms with Crippen molar-refractivity contribution in [2.45, 2.75) is 18.9 Å². The molecule has 0 radical (unpaired) electrons. The summed E-state index contributed by atoms with van der Waals surface area (Å²) in [6.07, 6.45) is 0.591. The molecule has 1 spiro atoms. The summed E-state index contributed by atoms with van der Waals surface area (Å²) in [5.41, 5.74) is 7.58. The monoisotopic (exact) mass is 279 g/mol. The molecule has 0 aromatic heterocycles. The zero-order valence-electron chi connectivity index (χ0n) is 10.8. The summed E-state index contributed by atoms with van der Waals surface area (Å²) in [7, 11) is -2.98. The number of nitrogens with two attached hydrogens (primary N) is 1. The largest absolute Gasteiger partial charge is 0.369 e. The minimum absolute atomic E-state index is 0.137. The van der Waals surface area contributed by atoms with Crippen LogP contribution in [0, 0.1) is 6.92 Å². The van der Waals surface area contributed by atoms with E-state index in [9.17, 15) is 8.42 Å². The number of sulfone groups is 1. The molecule has 1 aromatic carbocycles. The minimum atomic E-state index is -2.98. The number of benzene rings is 1. The van der Waals surface area contributed by atoms with Gasteiger partial charge in [-0.25, -0.2) is 8.42 Å². The summed E-state index contributed by atoms with van der Waals surface area (Å²) >= 11 is 0. The third-order valence-corrected chi connectivity index (χ3v) is 5.70. The molecule has 0 bridgehead atoms. The first-order chi connectivity index (χ1) is 8.92. The zero-order valence-corrected chi connectivity index (χ0v) is 11.7. The molecule has 1 fully saturated rings. The van der Waals surface area contributed by atoms with Gasteiger partial charge < -0.3 is 10.6 Å². The fourth-order valence-electron chi connectivity index (χ4n) is 2.91. The number of nitrogens with zero attached hydrogens (tertiary/aromatic N) is 2. The number of hydrogen-bond acceptors (Lipinski definition) is 5. The van der Waals surface area contributed by atoms with Crippen LogP contribution in [0.25, 0.3) is 0 Å². The maximum atomic E-state index is 11.8. The lowest BCUT2D eigenvalue weighted by Gasteiger charge is -2.35. The SMILES string of the molecule is Cc1ccc(N2C(N)=NCC23CCS(=O)(=O)C3)cc1. The van der Waals surface area contributed by atoms with Crippen molar-refractivity contribution in [1.29, 1.82) is 0 Å². The van der Waals surface area contributed by atoms with E-state index < -0.39 is 15.4 Å². The first-order valence-corrected chi connectivity index (χ1v) is 8.11. The van der Waals surface area contributed by atoms with Crippen molar-refractivity contribution in [2.24, 2.45) is 10.7 Å². The topological polar surface area (TPSA) is 75.8 Å². The normalized spacial score (nSPS) is 28.9. The molecule has 2 N–H and O–H groups in total. The molecule has 1 saturated heterocycles. The Morgan fingerprint density at radius 1 is 1.32 bits per heavy atom. The van der Waals surface area contributed by atoms with E-state index in [0.717, 1.165) is 11.3 Å². The molecule has 2 heterocycles. The molecule has 2 aliphatic rings. The van der Waals surface area contributed by atoms with Gasteiger partial charge in [-0.15, -0.1) is 0 Å². The number of guanidine groups is 1. The highest BCUT2D eigenvalue weighted by Crippen LogP contribution is 2.37. The van der Waals surface area contributed by atoms with Gasteiger partial charge in [0, 0.05) is 5.69 Å². The van der Waals surface area contributed by atoms with E-state index >= 15 is 0 Å². The number of aryl methyl sites for hydroxylation is 1. The molecule has 2 aliphatic heterocycles. The predicted octanol–water partition coefficient (Wildman–Crippen LogP) is 0.687. The van der Waals surface area contributed by atoms with Crippen molar-refractivity contribution in [1.82, 2.24) is 0 Å². The number of hydrogen-bond donors (Lipinski definition) is 1. The smallest absolute Gasteiger partial charge is 0.196 e. The molecule has 6 heteroatoms. The van der Waals surface area contributed by atoms with Crippen LogP contribution in [-0.4, -0.2) is 38.0 Å². The van der Waals surface area contributed by atoms with Crippen LogP contribution in [0.1, 0.15) is 12.0 Å². The number of aliphatic imine (C=N–C) groups is 1. The Bertz CT molecular complexity index is 636. The second kappa shape index (κ2) is 3.96. The van der Waals surface area contributed by atoms with Crippen LogP contribution in [0.3, 0.4) is 0 Å². The van der Waals surface area contributed by atoms with Crippen LogP contribution in [0.2, 0.25) is 0 Å². The molecule has 1 atom stereocenters. The van der Waals surface area contributed by atoms with E-state index in [1.54, 1.807) is 0 Å². The van der Waals surface area contributed by atoms with Gasteiger partial charge >= 0.3 is 0 Å². The Kier molecular flexibility index (Phi) is 2.60. The van der Waals surface area contributed by atoms with Crippen LogP contribution >= 0.6 is 0 Å². The zero-order chi connectivity index (χ0) is 13.7. The van der Waals surface area contributed by atoms with E-state index in [0.29, 0.717) is 18.9 Å². The van der Waals surface area contributed by atoms with E-state index in [-0.39, 0.29) is 11.5 Å². The molecule has 1 unspecified atom stereocenters. The Morgan fingerprint density at radius 3 is 2.58 bits per heavy atom. The highest BCUT2D eigenvalue weighted by atomic mass is 32.2. The maximum Gasteiger partial charge on any atom is 0.196 e. The number of anilines is 1. The van der Waals surface area contributed by atoms with Crippen LogP contribution in [0.5, 0.6) is 0 Å². The van der Waals surface area contributed by atoms with Gasteiger partial charge in [0.25, 0.3) is 0 Å². The van der Waals surface area contributed by atoms with Crippen LogP contribution in [0.4, 0.5) is 5.69 Å². The predicted molar refractivity (Wildman–Crippen MR) is 76.1 cm³/mol. The van der Waals surface area contributed by atoms with Crippen molar-refractivity contribution in [3.8, 4) is 0 Å². The molecule has 3 rings (SSSR count). The van der Waals surface area contributed by atoms with Gasteiger partial charge in [-0.1, -0.05) is 17.7 Å². The third-order valence-electron chi connectivity index (χ3n) is 3.90. The van der Waals surface area contributed by atoms with Crippen molar-refractivity contribution < 1.29 is 8.42 Å². The second-order valence-electron chi connectivity index (χ2n) is 5.41. The van der Waals surface area contributed by atoms with Gasteiger partial charge in [0.15, 0.2) is 15.8 Å². The molecule has 0 aliphatic carbocycles.